The molecule has 0 amide bonds. The summed E-state index contributed by atoms with van der Waals surface area (Å²) in [4.78, 5) is 18.5. The summed E-state index contributed by atoms with van der Waals surface area (Å²) in [5.74, 6) is 0.103. The molecule has 21 heavy (non-hydrogen) atoms. The van der Waals surface area contributed by atoms with Gasteiger partial charge in [0.15, 0.2) is 0 Å². The molecule has 1 aromatic heterocycles. The predicted molar refractivity (Wildman–Crippen MR) is 79.6 cm³/mol. The molecule has 1 aromatic carbocycles. The van der Waals surface area contributed by atoms with Crippen LogP contribution in [0.1, 0.15) is 17.1 Å². The van der Waals surface area contributed by atoms with Crippen molar-refractivity contribution in [3.63, 3.8) is 0 Å². The zero-order valence-corrected chi connectivity index (χ0v) is 12.9. The minimum absolute atomic E-state index is 0.0901. The Hall–Kier alpha value is -2.09. The first-order chi connectivity index (χ1) is 9.88. The summed E-state index contributed by atoms with van der Waals surface area (Å²) >= 11 is 3.17. The summed E-state index contributed by atoms with van der Waals surface area (Å²) in [5, 5.41) is 13.9. The Bertz CT molecular complexity index is 709. The van der Waals surface area contributed by atoms with Crippen LogP contribution in [0.3, 0.4) is 0 Å². The van der Waals surface area contributed by atoms with Crippen LogP contribution in [0.15, 0.2) is 22.7 Å². The van der Waals surface area contributed by atoms with E-state index in [1.54, 1.807) is 19.1 Å². The molecular weight excluding hydrogens is 343 g/mol. The van der Waals surface area contributed by atoms with Gasteiger partial charge >= 0.3 is 5.69 Å². The van der Waals surface area contributed by atoms with Crippen LogP contribution in [0.5, 0.6) is 0 Å². The van der Waals surface area contributed by atoms with Gasteiger partial charge in [0.1, 0.15) is 17.3 Å². The standard InChI is InChI=1S/C13H12BrFN4O2/c1-7-12(19(20)21)13(18-8(2)17-7)16-6-9-3-4-10(14)5-11(9)15/h3-5H,6H2,1-2H3,(H,16,17,18). The van der Waals surface area contributed by atoms with Gasteiger partial charge in [-0.25, -0.2) is 14.4 Å². The Morgan fingerprint density at radius 2 is 2.10 bits per heavy atom. The maximum absolute atomic E-state index is 13.7. The summed E-state index contributed by atoms with van der Waals surface area (Å²) in [7, 11) is 0. The van der Waals surface area contributed by atoms with Gasteiger partial charge in [0.25, 0.3) is 0 Å². The van der Waals surface area contributed by atoms with Crippen molar-refractivity contribution in [2.45, 2.75) is 20.4 Å². The van der Waals surface area contributed by atoms with E-state index in [0.717, 1.165) is 0 Å². The molecule has 0 saturated heterocycles. The van der Waals surface area contributed by atoms with Gasteiger partial charge in [-0.1, -0.05) is 22.0 Å². The number of benzene rings is 1. The molecule has 2 aromatic rings. The largest absolute Gasteiger partial charge is 0.360 e. The molecular formula is C13H12BrFN4O2. The minimum Gasteiger partial charge on any atom is -0.360 e. The summed E-state index contributed by atoms with van der Waals surface area (Å²) < 4.78 is 14.4. The van der Waals surface area contributed by atoms with Crippen molar-refractivity contribution in [3.8, 4) is 0 Å². The fourth-order valence-electron chi connectivity index (χ4n) is 1.89. The van der Waals surface area contributed by atoms with Gasteiger partial charge in [0, 0.05) is 16.6 Å². The highest BCUT2D eigenvalue weighted by molar-refractivity contribution is 9.10. The van der Waals surface area contributed by atoms with Crippen LogP contribution in [-0.4, -0.2) is 14.9 Å². The average molecular weight is 355 g/mol. The summed E-state index contributed by atoms with van der Waals surface area (Å²) in [5.41, 5.74) is 0.464. The van der Waals surface area contributed by atoms with E-state index < -0.39 is 10.7 Å². The first kappa shape index (κ1) is 15.3. The lowest BCUT2D eigenvalue weighted by molar-refractivity contribution is -0.385. The van der Waals surface area contributed by atoms with Crippen molar-refractivity contribution >= 4 is 27.4 Å². The van der Waals surface area contributed by atoms with E-state index in [4.69, 9.17) is 0 Å². The number of rotatable bonds is 4. The average Bonchev–Trinajstić information content (AvgIpc) is 2.36. The number of aromatic nitrogens is 2. The van der Waals surface area contributed by atoms with Crippen molar-refractivity contribution in [2.75, 3.05) is 5.32 Å². The third-order valence-electron chi connectivity index (χ3n) is 2.81. The lowest BCUT2D eigenvalue weighted by Gasteiger charge is -2.09. The molecule has 1 heterocycles. The monoisotopic (exact) mass is 354 g/mol. The molecule has 2 rings (SSSR count). The number of aryl methyl sites for hydroxylation is 2. The van der Waals surface area contributed by atoms with E-state index in [1.807, 2.05) is 0 Å². The lowest BCUT2D eigenvalue weighted by atomic mass is 10.2. The van der Waals surface area contributed by atoms with E-state index in [2.05, 4.69) is 31.2 Å². The zero-order chi connectivity index (χ0) is 15.6. The van der Waals surface area contributed by atoms with Crippen molar-refractivity contribution < 1.29 is 9.31 Å². The Balaban J connectivity index is 2.29. The molecule has 0 atom stereocenters. The first-order valence-corrected chi connectivity index (χ1v) is 6.85. The van der Waals surface area contributed by atoms with Crippen LogP contribution in [0.25, 0.3) is 0 Å². The Kier molecular flexibility index (Phi) is 4.46. The highest BCUT2D eigenvalue weighted by atomic mass is 79.9. The van der Waals surface area contributed by atoms with Crippen LogP contribution in [0.2, 0.25) is 0 Å². The van der Waals surface area contributed by atoms with Crippen LogP contribution in [-0.2, 0) is 6.54 Å². The normalized spacial score (nSPS) is 10.5. The predicted octanol–water partition coefficient (Wildman–Crippen LogP) is 3.52. The summed E-state index contributed by atoms with van der Waals surface area (Å²) in [6, 6.07) is 4.63. The minimum atomic E-state index is -0.547. The van der Waals surface area contributed by atoms with Gasteiger partial charge in [0.2, 0.25) is 5.82 Å². The van der Waals surface area contributed by atoms with E-state index in [9.17, 15) is 14.5 Å². The Morgan fingerprint density at radius 3 is 2.71 bits per heavy atom. The number of hydrogen-bond acceptors (Lipinski definition) is 5. The van der Waals surface area contributed by atoms with E-state index >= 15 is 0 Å². The summed E-state index contributed by atoms with van der Waals surface area (Å²) in [6.07, 6.45) is 0. The second-order valence-electron chi connectivity index (χ2n) is 4.40. The second kappa shape index (κ2) is 6.13. The van der Waals surface area contributed by atoms with Crippen LogP contribution < -0.4 is 5.32 Å². The van der Waals surface area contributed by atoms with E-state index in [0.29, 0.717) is 15.9 Å². The Morgan fingerprint density at radius 1 is 1.38 bits per heavy atom. The second-order valence-corrected chi connectivity index (χ2v) is 5.32. The third-order valence-corrected chi connectivity index (χ3v) is 3.31. The smallest absolute Gasteiger partial charge is 0.332 e. The van der Waals surface area contributed by atoms with Gasteiger partial charge in [-0.3, -0.25) is 10.1 Å². The molecule has 1 N–H and O–H groups in total. The fourth-order valence-corrected chi connectivity index (χ4v) is 2.23. The van der Waals surface area contributed by atoms with E-state index in [-0.39, 0.29) is 23.7 Å². The van der Waals surface area contributed by atoms with Gasteiger partial charge in [-0.05, 0) is 26.0 Å². The van der Waals surface area contributed by atoms with Crippen molar-refractivity contribution in [3.05, 3.63) is 55.7 Å². The quantitative estimate of drug-likeness (QED) is 0.671. The van der Waals surface area contributed by atoms with Crippen LogP contribution in [0.4, 0.5) is 15.9 Å². The SMILES string of the molecule is Cc1nc(C)c([N+](=O)[O-])c(NCc2ccc(Br)cc2F)n1. The van der Waals surface area contributed by atoms with E-state index in [1.165, 1.54) is 13.0 Å². The Labute approximate surface area is 128 Å². The van der Waals surface area contributed by atoms with Gasteiger partial charge < -0.3 is 5.32 Å². The molecule has 0 aliphatic heterocycles. The highest BCUT2D eigenvalue weighted by Crippen LogP contribution is 2.26. The molecule has 0 saturated carbocycles. The maximum Gasteiger partial charge on any atom is 0.332 e. The molecule has 0 aliphatic carbocycles. The molecule has 110 valence electrons. The van der Waals surface area contributed by atoms with Crippen molar-refractivity contribution in [1.82, 2.24) is 9.97 Å². The summed E-state index contributed by atoms with van der Waals surface area (Å²) in [6.45, 7) is 3.27. The molecule has 6 nitrogen and oxygen atoms in total. The van der Waals surface area contributed by atoms with Crippen molar-refractivity contribution in [1.29, 1.82) is 0 Å². The molecule has 0 aliphatic rings. The van der Waals surface area contributed by atoms with Crippen LogP contribution in [0, 0.1) is 29.8 Å². The topological polar surface area (TPSA) is 81.0 Å². The number of nitrogens with zero attached hydrogens (tertiary/aromatic N) is 3. The number of anilines is 1. The zero-order valence-electron chi connectivity index (χ0n) is 11.4. The molecule has 0 radical (unpaired) electrons. The van der Waals surface area contributed by atoms with Gasteiger partial charge in [-0.15, -0.1) is 0 Å². The molecule has 0 spiro atoms. The first-order valence-electron chi connectivity index (χ1n) is 6.06. The maximum atomic E-state index is 13.7. The molecule has 8 heteroatoms. The number of hydrogen-bond donors (Lipinski definition) is 1. The number of nitrogens with one attached hydrogen (secondary N) is 1. The van der Waals surface area contributed by atoms with Crippen LogP contribution >= 0.6 is 15.9 Å². The lowest BCUT2D eigenvalue weighted by Crippen LogP contribution is -2.09. The third kappa shape index (κ3) is 3.52. The number of nitro groups is 1. The highest BCUT2D eigenvalue weighted by Gasteiger charge is 2.21. The molecule has 0 bridgehead atoms. The fraction of sp³-hybridized carbons (Fsp3) is 0.231. The van der Waals surface area contributed by atoms with Crippen molar-refractivity contribution in [2.24, 2.45) is 0 Å². The van der Waals surface area contributed by atoms with Gasteiger partial charge in [0.05, 0.1) is 4.92 Å². The van der Waals surface area contributed by atoms with Gasteiger partial charge in [-0.2, -0.15) is 0 Å². The molecule has 0 fully saturated rings. The number of halogens is 2. The molecule has 0 unspecified atom stereocenters.